The summed E-state index contributed by atoms with van der Waals surface area (Å²) in [5.74, 6) is 0. The fourth-order valence-electron chi connectivity index (χ4n) is 0.993. The number of aryl methyl sites for hydroxylation is 1. The van der Waals surface area contributed by atoms with E-state index in [4.69, 9.17) is 0 Å². The molecule has 1 atom stereocenters. The Kier molecular flexibility index (Phi) is 4.35. The predicted molar refractivity (Wildman–Crippen MR) is 54.9 cm³/mol. The lowest BCUT2D eigenvalue weighted by molar-refractivity contribution is 0.167. The van der Waals surface area contributed by atoms with Crippen molar-refractivity contribution in [2.75, 3.05) is 6.54 Å². The third kappa shape index (κ3) is 3.85. The van der Waals surface area contributed by atoms with Crippen molar-refractivity contribution < 1.29 is 5.11 Å². The van der Waals surface area contributed by atoms with Crippen LogP contribution in [0, 0.1) is 6.92 Å². The molecule has 1 unspecified atom stereocenters. The highest BCUT2D eigenvalue weighted by Gasteiger charge is 2.01. The highest BCUT2D eigenvalue weighted by molar-refractivity contribution is 7.11. The predicted octanol–water partition coefficient (Wildman–Crippen LogP) is 1.31. The second kappa shape index (κ2) is 5.32. The molecule has 0 bridgehead atoms. The lowest BCUT2D eigenvalue weighted by atomic mass is 10.3. The standard InChI is InChI=1S/C9H16N2OS/c1-3-8(12)4-10-5-9-6-11-7(2)13-9/h6,8,10,12H,3-5H2,1-2H3. The molecule has 0 fully saturated rings. The monoisotopic (exact) mass is 200 g/mol. The number of hydrogen-bond acceptors (Lipinski definition) is 4. The molecule has 0 aliphatic rings. The molecule has 0 amide bonds. The number of hydrogen-bond donors (Lipinski definition) is 2. The molecule has 0 aromatic carbocycles. The zero-order chi connectivity index (χ0) is 9.68. The summed E-state index contributed by atoms with van der Waals surface area (Å²) < 4.78 is 0. The normalized spacial score (nSPS) is 13.2. The van der Waals surface area contributed by atoms with Crippen molar-refractivity contribution in [3.8, 4) is 0 Å². The van der Waals surface area contributed by atoms with Crippen molar-refractivity contribution >= 4 is 11.3 Å². The van der Waals surface area contributed by atoms with Gasteiger partial charge in [-0.2, -0.15) is 0 Å². The van der Waals surface area contributed by atoms with E-state index < -0.39 is 0 Å². The van der Waals surface area contributed by atoms with Gasteiger partial charge in [0.2, 0.25) is 0 Å². The van der Waals surface area contributed by atoms with Crippen molar-refractivity contribution in [3.63, 3.8) is 0 Å². The molecule has 0 spiro atoms. The quantitative estimate of drug-likeness (QED) is 0.753. The molecule has 1 rings (SSSR count). The largest absolute Gasteiger partial charge is 0.392 e. The molecule has 1 aromatic rings. The Balaban J connectivity index is 2.20. The molecule has 4 heteroatoms. The van der Waals surface area contributed by atoms with Gasteiger partial charge in [0, 0.05) is 24.2 Å². The van der Waals surface area contributed by atoms with Crippen LogP contribution in [0.1, 0.15) is 23.2 Å². The van der Waals surface area contributed by atoms with Gasteiger partial charge in [0.25, 0.3) is 0 Å². The highest BCUT2D eigenvalue weighted by Crippen LogP contribution is 2.10. The Hall–Kier alpha value is -0.450. The third-order valence-electron chi connectivity index (χ3n) is 1.82. The van der Waals surface area contributed by atoms with Crippen molar-refractivity contribution in [2.45, 2.75) is 32.9 Å². The molecule has 0 aliphatic carbocycles. The van der Waals surface area contributed by atoms with Gasteiger partial charge in [0.05, 0.1) is 11.1 Å². The van der Waals surface area contributed by atoms with Gasteiger partial charge in [-0.05, 0) is 13.3 Å². The first-order valence-corrected chi connectivity index (χ1v) is 5.34. The molecule has 0 saturated heterocycles. The first-order chi connectivity index (χ1) is 6.22. The summed E-state index contributed by atoms with van der Waals surface area (Å²) in [6.45, 7) is 5.44. The van der Waals surface area contributed by atoms with Crippen LogP contribution in [0.4, 0.5) is 0 Å². The molecule has 3 nitrogen and oxygen atoms in total. The summed E-state index contributed by atoms with van der Waals surface area (Å²) in [5.41, 5.74) is 0. The van der Waals surface area contributed by atoms with Gasteiger partial charge in [0.1, 0.15) is 0 Å². The molecule has 74 valence electrons. The maximum Gasteiger partial charge on any atom is 0.0897 e. The molecule has 1 heterocycles. The lowest BCUT2D eigenvalue weighted by Gasteiger charge is -2.07. The van der Waals surface area contributed by atoms with Crippen molar-refractivity contribution in [1.82, 2.24) is 10.3 Å². The van der Waals surface area contributed by atoms with Crippen LogP contribution in [0.2, 0.25) is 0 Å². The molecule has 13 heavy (non-hydrogen) atoms. The summed E-state index contributed by atoms with van der Waals surface area (Å²) in [7, 11) is 0. The maximum absolute atomic E-state index is 9.27. The average molecular weight is 200 g/mol. The van der Waals surface area contributed by atoms with Gasteiger partial charge in [0.15, 0.2) is 0 Å². The second-order valence-corrected chi connectivity index (χ2v) is 4.36. The van der Waals surface area contributed by atoms with E-state index in [1.165, 1.54) is 4.88 Å². The number of aliphatic hydroxyl groups excluding tert-OH is 1. The minimum atomic E-state index is -0.228. The van der Waals surface area contributed by atoms with Crippen LogP contribution in [0.15, 0.2) is 6.20 Å². The number of aliphatic hydroxyl groups is 1. The van der Waals surface area contributed by atoms with Crippen molar-refractivity contribution in [1.29, 1.82) is 0 Å². The van der Waals surface area contributed by atoms with Crippen LogP contribution in [0.25, 0.3) is 0 Å². The number of rotatable bonds is 5. The Bertz CT molecular complexity index is 250. The topological polar surface area (TPSA) is 45.1 Å². The minimum Gasteiger partial charge on any atom is -0.392 e. The Morgan fingerprint density at radius 1 is 1.69 bits per heavy atom. The van der Waals surface area contributed by atoms with Gasteiger partial charge in [-0.25, -0.2) is 4.98 Å². The molecule has 0 saturated carbocycles. The first-order valence-electron chi connectivity index (χ1n) is 4.52. The van der Waals surface area contributed by atoms with E-state index in [-0.39, 0.29) is 6.10 Å². The molecule has 1 aromatic heterocycles. The molecule has 0 aliphatic heterocycles. The van der Waals surface area contributed by atoms with Crippen LogP contribution < -0.4 is 5.32 Å². The van der Waals surface area contributed by atoms with Gasteiger partial charge < -0.3 is 10.4 Å². The fraction of sp³-hybridized carbons (Fsp3) is 0.667. The molecule has 2 N–H and O–H groups in total. The summed E-state index contributed by atoms with van der Waals surface area (Å²) in [6, 6.07) is 0. The van der Waals surface area contributed by atoms with Crippen LogP contribution >= 0.6 is 11.3 Å². The van der Waals surface area contributed by atoms with E-state index in [9.17, 15) is 5.11 Å². The van der Waals surface area contributed by atoms with Crippen molar-refractivity contribution in [3.05, 3.63) is 16.1 Å². The van der Waals surface area contributed by atoms with E-state index >= 15 is 0 Å². The van der Waals surface area contributed by atoms with E-state index in [1.54, 1.807) is 11.3 Å². The summed E-state index contributed by atoms with van der Waals surface area (Å²) in [6.07, 6.45) is 2.45. The van der Waals surface area contributed by atoms with Gasteiger partial charge >= 0.3 is 0 Å². The van der Waals surface area contributed by atoms with E-state index in [2.05, 4.69) is 10.3 Å². The number of thiazole rings is 1. The smallest absolute Gasteiger partial charge is 0.0897 e. The highest BCUT2D eigenvalue weighted by atomic mass is 32.1. The SMILES string of the molecule is CCC(O)CNCc1cnc(C)s1. The average Bonchev–Trinajstić information content (AvgIpc) is 2.51. The zero-order valence-electron chi connectivity index (χ0n) is 8.08. The van der Waals surface area contributed by atoms with E-state index in [0.717, 1.165) is 18.0 Å². The third-order valence-corrected chi connectivity index (χ3v) is 2.73. The Morgan fingerprint density at radius 3 is 3.00 bits per heavy atom. The number of nitrogens with one attached hydrogen (secondary N) is 1. The maximum atomic E-state index is 9.27. The van der Waals surface area contributed by atoms with Crippen LogP contribution in [-0.4, -0.2) is 22.7 Å². The Labute approximate surface area is 82.8 Å². The lowest BCUT2D eigenvalue weighted by Crippen LogP contribution is -2.25. The van der Waals surface area contributed by atoms with Crippen molar-refractivity contribution in [2.24, 2.45) is 0 Å². The number of aromatic nitrogens is 1. The number of nitrogens with zero attached hydrogens (tertiary/aromatic N) is 1. The Morgan fingerprint density at radius 2 is 2.46 bits per heavy atom. The minimum absolute atomic E-state index is 0.228. The van der Waals surface area contributed by atoms with Gasteiger partial charge in [-0.3, -0.25) is 0 Å². The summed E-state index contributed by atoms with van der Waals surface area (Å²) in [5, 5.41) is 13.5. The van der Waals surface area contributed by atoms with Crippen LogP contribution in [0.5, 0.6) is 0 Å². The molecular weight excluding hydrogens is 184 g/mol. The second-order valence-electron chi connectivity index (χ2n) is 3.04. The first kappa shape index (κ1) is 10.6. The van der Waals surface area contributed by atoms with Gasteiger partial charge in [-0.1, -0.05) is 6.92 Å². The fourth-order valence-corrected chi connectivity index (χ4v) is 1.76. The van der Waals surface area contributed by atoms with E-state index in [1.807, 2.05) is 20.0 Å². The molecular formula is C9H16N2OS. The van der Waals surface area contributed by atoms with Gasteiger partial charge in [-0.15, -0.1) is 11.3 Å². The summed E-state index contributed by atoms with van der Waals surface area (Å²) in [4.78, 5) is 5.37. The zero-order valence-corrected chi connectivity index (χ0v) is 8.90. The van der Waals surface area contributed by atoms with Crippen LogP contribution in [-0.2, 0) is 6.54 Å². The summed E-state index contributed by atoms with van der Waals surface area (Å²) >= 11 is 1.69. The molecule has 0 radical (unpaired) electrons. The van der Waals surface area contributed by atoms with E-state index in [0.29, 0.717) is 6.54 Å². The van der Waals surface area contributed by atoms with Crippen LogP contribution in [0.3, 0.4) is 0 Å².